The van der Waals surface area contributed by atoms with Gasteiger partial charge in [0.05, 0.1) is 19.7 Å². The number of methoxy groups -OCH3 is 1. The number of ether oxygens (including phenoxy) is 1. The maximum atomic E-state index is 11.2. The van der Waals surface area contributed by atoms with Gasteiger partial charge in [-0.2, -0.15) is 5.26 Å². The number of nitriles is 1. The number of hydrogen-bond acceptors (Lipinski definition) is 5. The molecule has 0 bridgehead atoms. The first-order valence-electron chi connectivity index (χ1n) is 4.99. The Bertz CT molecular complexity index is 273. The number of carbonyl (C=O) groups is 2. The lowest BCUT2D eigenvalue weighted by Gasteiger charge is -2.14. The monoisotopic (exact) mass is 227 g/mol. The number of nitrogens with one attached hydrogen (secondary N) is 1. The summed E-state index contributed by atoms with van der Waals surface area (Å²) in [6.07, 6.45) is 0.995. The zero-order chi connectivity index (χ0) is 12.4. The maximum Gasteiger partial charge on any atom is 0.305 e. The first kappa shape index (κ1) is 14.4. The van der Waals surface area contributed by atoms with E-state index in [1.165, 1.54) is 7.11 Å². The molecule has 0 radical (unpaired) electrons. The summed E-state index contributed by atoms with van der Waals surface area (Å²) < 4.78 is 4.49. The highest BCUT2D eigenvalue weighted by atomic mass is 16.5. The van der Waals surface area contributed by atoms with Crippen LogP contribution < -0.4 is 5.32 Å². The van der Waals surface area contributed by atoms with Crippen LogP contribution in [0.4, 0.5) is 0 Å². The summed E-state index contributed by atoms with van der Waals surface area (Å²) in [7, 11) is 3.13. The van der Waals surface area contributed by atoms with Crippen LogP contribution in [0.1, 0.15) is 12.8 Å². The average Bonchev–Trinajstić information content (AvgIpc) is 2.25. The predicted octanol–water partition coefficient (Wildman–Crippen LogP) is -0.489. The van der Waals surface area contributed by atoms with Crippen molar-refractivity contribution in [2.24, 2.45) is 0 Å². The fourth-order valence-corrected chi connectivity index (χ4v) is 1.11. The van der Waals surface area contributed by atoms with E-state index in [1.54, 1.807) is 11.9 Å². The molecule has 16 heavy (non-hydrogen) atoms. The quantitative estimate of drug-likeness (QED) is 0.469. The summed E-state index contributed by atoms with van der Waals surface area (Å²) >= 11 is 0. The maximum absolute atomic E-state index is 11.2. The third kappa shape index (κ3) is 7.76. The Labute approximate surface area is 95.2 Å². The molecule has 0 aliphatic carbocycles. The molecule has 0 aromatic rings. The molecule has 0 aliphatic rings. The fraction of sp³-hybridized carbons (Fsp3) is 0.700. The Morgan fingerprint density at radius 3 is 2.75 bits per heavy atom. The predicted molar refractivity (Wildman–Crippen MR) is 57.4 cm³/mol. The van der Waals surface area contributed by atoms with Crippen molar-refractivity contribution < 1.29 is 14.3 Å². The highest BCUT2D eigenvalue weighted by Gasteiger charge is 2.06. The van der Waals surface area contributed by atoms with Crippen molar-refractivity contribution in [1.29, 1.82) is 5.26 Å². The van der Waals surface area contributed by atoms with Gasteiger partial charge in [0.1, 0.15) is 6.54 Å². The molecule has 0 rings (SSSR count). The van der Waals surface area contributed by atoms with E-state index in [0.29, 0.717) is 19.4 Å². The van der Waals surface area contributed by atoms with Gasteiger partial charge in [-0.05, 0) is 20.0 Å². The molecule has 6 heteroatoms. The van der Waals surface area contributed by atoms with Gasteiger partial charge in [-0.1, -0.05) is 0 Å². The lowest BCUT2D eigenvalue weighted by molar-refractivity contribution is -0.140. The van der Waals surface area contributed by atoms with Gasteiger partial charge < -0.3 is 10.1 Å². The standard InChI is InChI=1S/C10H17N3O3/c1-13(7-3-4-10(15)16-2)8-9(14)12-6-5-11/h3-4,6-8H2,1-2H3,(H,12,14). The summed E-state index contributed by atoms with van der Waals surface area (Å²) in [5.41, 5.74) is 0. The molecule has 0 heterocycles. The third-order valence-electron chi connectivity index (χ3n) is 1.93. The molecule has 0 saturated heterocycles. The molecule has 0 aromatic carbocycles. The Hall–Kier alpha value is -1.61. The van der Waals surface area contributed by atoms with E-state index in [9.17, 15) is 9.59 Å². The SMILES string of the molecule is COC(=O)CCCN(C)CC(=O)NCC#N. The molecule has 0 aliphatic heterocycles. The van der Waals surface area contributed by atoms with E-state index in [4.69, 9.17) is 5.26 Å². The van der Waals surface area contributed by atoms with E-state index < -0.39 is 0 Å². The van der Waals surface area contributed by atoms with Gasteiger partial charge in [-0.15, -0.1) is 0 Å². The van der Waals surface area contributed by atoms with Crippen molar-refractivity contribution in [3.05, 3.63) is 0 Å². The minimum absolute atomic E-state index is 0.0227. The van der Waals surface area contributed by atoms with Gasteiger partial charge in [-0.3, -0.25) is 14.5 Å². The number of hydrogen-bond donors (Lipinski definition) is 1. The lowest BCUT2D eigenvalue weighted by Crippen LogP contribution is -2.35. The van der Waals surface area contributed by atoms with E-state index in [2.05, 4.69) is 10.1 Å². The van der Waals surface area contributed by atoms with Crippen molar-refractivity contribution in [1.82, 2.24) is 10.2 Å². The number of esters is 1. The Balaban J connectivity index is 3.58. The number of nitrogens with zero attached hydrogens (tertiary/aromatic N) is 2. The zero-order valence-corrected chi connectivity index (χ0v) is 9.65. The summed E-state index contributed by atoms with van der Waals surface area (Å²) in [6.45, 7) is 0.882. The Morgan fingerprint density at radius 2 is 2.19 bits per heavy atom. The minimum Gasteiger partial charge on any atom is -0.469 e. The summed E-state index contributed by atoms with van der Waals surface area (Å²) in [6, 6.07) is 1.83. The molecule has 0 saturated carbocycles. The molecule has 0 aromatic heterocycles. The zero-order valence-electron chi connectivity index (χ0n) is 9.65. The van der Waals surface area contributed by atoms with Gasteiger partial charge in [0.2, 0.25) is 5.91 Å². The van der Waals surface area contributed by atoms with Crippen molar-refractivity contribution in [2.45, 2.75) is 12.8 Å². The van der Waals surface area contributed by atoms with Gasteiger partial charge >= 0.3 is 5.97 Å². The van der Waals surface area contributed by atoms with Crippen LogP contribution in [0.25, 0.3) is 0 Å². The van der Waals surface area contributed by atoms with Gasteiger partial charge in [0, 0.05) is 6.42 Å². The van der Waals surface area contributed by atoms with E-state index in [1.807, 2.05) is 6.07 Å². The van der Waals surface area contributed by atoms with Crippen LogP contribution in [0.3, 0.4) is 0 Å². The van der Waals surface area contributed by atoms with Gasteiger partial charge in [0.15, 0.2) is 0 Å². The summed E-state index contributed by atoms with van der Waals surface area (Å²) in [5.74, 6) is -0.440. The summed E-state index contributed by atoms with van der Waals surface area (Å²) in [5, 5.41) is 10.7. The van der Waals surface area contributed by atoms with Gasteiger partial charge in [-0.25, -0.2) is 0 Å². The lowest BCUT2D eigenvalue weighted by atomic mass is 10.3. The largest absolute Gasteiger partial charge is 0.469 e. The van der Waals surface area contributed by atoms with E-state index in [-0.39, 0.29) is 25.0 Å². The topological polar surface area (TPSA) is 82.4 Å². The second kappa shape index (κ2) is 8.68. The van der Waals surface area contributed by atoms with Crippen molar-refractivity contribution in [3.63, 3.8) is 0 Å². The van der Waals surface area contributed by atoms with E-state index >= 15 is 0 Å². The molecule has 0 spiro atoms. The third-order valence-corrected chi connectivity index (χ3v) is 1.93. The molecule has 1 N–H and O–H groups in total. The molecule has 6 nitrogen and oxygen atoms in total. The van der Waals surface area contributed by atoms with Crippen LogP contribution in [0.5, 0.6) is 0 Å². The first-order valence-corrected chi connectivity index (χ1v) is 4.99. The molecule has 0 unspecified atom stereocenters. The number of amides is 1. The molecule has 90 valence electrons. The van der Waals surface area contributed by atoms with Crippen molar-refractivity contribution in [3.8, 4) is 6.07 Å². The molecule has 0 fully saturated rings. The first-order chi connectivity index (χ1) is 7.60. The Kier molecular flexibility index (Phi) is 7.81. The molecular formula is C10H17N3O3. The highest BCUT2D eigenvalue weighted by molar-refractivity contribution is 5.78. The summed E-state index contributed by atoms with van der Waals surface area (Å²) in [4.78, 5) is 23.8. The Morgan fingerprint density at radius 1 is 1.50 bits per heavy atom. The van der Waals surface area contributed by atoms with Crippen LogP contribution in [0.2, 0.25) is 0 Å². The number of likely N-dealkylation sites (N-methyl/N-ethyl adjacent to an activating group) is 1. The van der Waals surface area contributed by atoms with Crippen molar-refractivity contribution >= 4 is 11.9 Å². The second-order valence-corrected chi connectivity index (χ2v) is 3.35. The van der Waals surface area contributed by atoms with Crippen LogP contribution >= 0.6 is 0 Å². The molecular weight excluding hydrogens is 210 g/mol. The van der Waals surface area contributed by atoms with Crippen LogP contribution in [0.15, 0.2) is 0 Å². The van der Waals surface area contributed by atoms with Crippen LogP contribution in [0, 0.1) is 11.3 Å². The average molecular weight is 227 g/mol. The van der Waals surface area contributed by atoms with Gasteiger partial charge in [0.25, 0.3) is 0 Å². The van der Waals surface area contributed by atoms with Crippen LogP contribution in [-0.4, -0.2) is 50.6 Å². The highest BCUT2D eigenvalue weighted by Crippen LogP contribution is 1.94. The van der Waals surface area contributed by atoms with E-state index in [0.717, 1.165) is 0 Å². The normalized spacial score (nSPS) is 9.62. The number of carbonyl (C=O) groups excluding carboxylic acids is 2. The molecule has 0 atom stereocenters. The minimum atomic E-state index is -0.248. The second-order valence-electron chi connectivity index (χ2n) is 3.35. The fourth-order valence-electron chi connectivity index (χ4n) is 1.11. The smallest absolute Gasteiger partial charge is 0.305 e. The van der Waals surface area contributed by atoms with Crippen molar-refractivity contribution in [2.75, 3.05) is 33.8 Å². The molecule has 1 amide bonds. The van der Waals surface area contributed by atoms with Crippen LogP contribution in [-0.2, 0) is 14.3 Å². The number of rotatable bonds is 7.